The van der Waals surface area contributed by atoms with Gasteiger partial charge in [-0.15, -0.1) is 10.2 Å². The van der Waals surface area contributed by atoms with Gasteiger partial charge >= 0.3 is 0 Å². The van der Waals surface area contributed by atoms with Gasteiger partial charge in [0.15, 0.2) is 5.82 Å². The number of hydrogen-bond donors (Lipinski definition) is 0. The molecule has 0 atom stereocenters. The molecule has 0 saturated heterocycles. The van der Waals surface area contributed by atoms with Gasteiger partial charge in [0.1, 0.15) is 0 Å². The van der Waals surface area contributed by atoms with Crippen LogP contribution in [-0.2, 0) is 10.1 Å². The average molecular weight is 496 g/mol. The normalized spacial score (nSPS) is 11.0. The molecule has 155 valence electrons. The third-order valence-electron chi connectivity index (χ3n) is 3.60. The first-order chi connectivity index (χ1) is 12.8. The predicted molar refractivity (Wildman–Crippen MR) is 113 cm³/mol. The predicted octanol–water partition coefficient (Wildman–Crippen LogP) is 2.28. The summed E-state index contributed by atoms with van der Waals surface area (Å²) in [5.41, 5.74) is 0.841. The van der Waals surface area contributed by atoms with E-state index in [4.69, 9.17) is 0 Å². The van der Waals surface area contributed by atoms with Crippen LogP contribution in [0.2, 0.25) is 0 Å². The summed E-state index contributed by atoms with van der Waals surface area (Å²) in [6, 6.07) is 8.16. The Morgan fingerprint density at radius 1 is 1.17 bits per heavy atom. The molecule has 2 rings (SSSR count). The monoisotopic (exact) mass is 495 g/mol. The van der Waals surface area contributed by atoms with E-state index in [1.165, 1.54) is 6.07 Å². The standard InChI is InChI=1S/C17H21BrN4O4S.Na.H2O/c1-2-8-22(9-3-10-27(24,25)26)14-5-6-15(16(23)11-14)20-21-17-7-4-13(18)12-19-17;;/h4-7,11-12,23H,2-3,8-10H2,1H3,(H,24,25,26);;1H2/p-2. The van der Waals surface area contributed by atoms with Crippen molar-refractivity contribution in [3.05, 3.63) is 41.0 Å². The van der Waals surface area contributed by atoms with Crippen molar-refractivity contribution in [2.75, 3.05) is 23.7 Å². The molecular formula is C17H21BrN4NaO5S-2. The van der Waals surface area contributed by atoms with Crippen molar-refractivity contribution in [3.8, 4) is 5.75 Å². The summed E-state index contributed by atoms with van der Waals surface area (Å²) in [4.78, 5) is 5.93. The summed E-state index contributed by atoms with van der Waals surface area (Å²) in [5, 5.41) is 20.2. The van der Waals surface area contributed by atoms with Crippen LogP contribution in [0.25, 0.3) is 0 Å². The number of benzene rings is 1. The van der Waals surface area contributed by atoms with Crippen molar-refractivity contribution in [1.82, 2.24) is 4.98 Å². The smallest absolute Gasteiger partial charge is 0.174 e. The van der Waals surface area contributed by atoms with E-state index in [-0.39, 0.29) is 52.9 Å². The van der Waals surface area contributed by atoms with Crippen LogP contribution in [0, 0.1) is 0 Å². The van der Waals surface area contributed by atoms with E-state index in [0.717, 1.165) is 10.9 Å². The van der Waals surface area contributed by atoms with E-state index >= 15 is 0 Å². The van der Waals surface area contributed by atoms with E-state index in [2.05, 4.69) is 31.1 Å². The number of hydrogen-bond acceptors (Lipinski definition) is 8. The fourth-order valence-electron chi connectivity index (χ4n) is 2.39. The van der Waals surface area contributed by atoms with Crippen molar-refractivity contribution >= 4 is 72.8 Å². The quantitative estimate of drug-likeness (QED) is 0.295. The zero-order valence-electron chi connectivity index (χ0n) is 16.2. The molecule has 1 aromatic carbocycles. The molecule has 2 N–H and O–H groups in total. The van der Waals surface area contributed by atoms with Gasteiger partial charge in [0, 0.05) is 64.8 Å². The first-order valence-electron chi connectivity index (χ1n) is 8.31. The minimum Gasteiger partial charge on any atom is -0.871 e. The molecule has 2 aromatic rings. The number of nitrogens with zero attached hydrogens (tertiary/aromatic N) is 4. The summed E-state index contributed by atoms with van der Waals surface area (Å²) < 4.78 is 33.1. The molecule has 0 unspecified atom stereocenters. The molecule has 29 heavy (non-hydrogen) atoms. The number of azo groups is 1. The fraction of sp³-hybridized carbons (Fsp3) is 0.353. The zero-order chi connectivity index (χ0) is 19.9. The number of halogens is 1. The minimum absolute atomic E-state index is 0. The molecule has 0 fully saturated rings. The van der Waals surface area contributed by atoms with Crippen LogP contribution in [0.5, 0.6) is 5.75 Å². The SMILES string of the molecule is CCCN(CCCS(=O)(=O)[O-])c1ccc(N=Nc2ccc(Br)cn2)c([O-])c1.O.[Na]. The topological polar surface area (TPSA) is 153 Å². The summed E-state index contributed by atoms with van der Waals surface area (Å²) >= 11 is 3.28. The Kier molecular flexibility index (Phi) is 12.8. The average Bonchev–Trinajstić information content (AvgIpc) is 2.60. The van der Waals surface area contributed by atoms with Gasteiger partial charge < -0.3 is 20.0 Å². The molecule has 1 aromatic heterocycles. The molecule has 0 aliphatic carbocycles. The van der Waals surface area contributed by atoms with Crippen LogP contribution in [0.1, 0.15) is 19.8 Å². The van der Waals surface area contributed by atoms with Gasteiger partial charge in [0.2, 0.25) is 0 Å². The van der Waals surface area contributed by atoms with E-state index in [1.807, 2.05) is 11.8 Å². The van der Waals surface area contributed by atoms with Crippen LogP contribution >= 0.6 is 15.9 Å². The molecule has 0 amide bonds. The van der Waals surface area contributed by atoms with Gasteiger partial charge in [0.25, 0.3) is 0 Å². The van der Waals surface area contributed by atoms with Gasteiger partial charge in [-0.05, 0) is 59.1 Å². The van der Waals surface area contributed by atoms with Crippen molar-refractivity contribution < 1.29 is 23.6 Å². The summed E-state index contributed by atoms with van der Waals surface area (Å²) in [5.74, 6) is -0.344. The second-order valence-corrected chi connectivity index (χ2v) is 8.23. The van der Waals surface area contributed by atoms with Gasteiger partial charge in [-0.3, -0.25) is 0 Å². The van der Waals surface area contributed by atoms with Gasteiger partial charge in [-0.25, -0.2) is 13.4 Å². The molecule has 0 bridgehead atoms. The molecule has 1 heterocycles. The molecular weight excluding hydrogens is 475 g/mol. The third kappa shape index (κ3) is 9.98. The number of rotatable bonds is 9. The Morgan fingerprint density at radius 2 is 1.90 bits per heavy atom. The Labute approximate surface area is 200 Å². The van der Waals surface area contributed by atoms with Crippen molar-refractivity contribution in [3.63, 3.8) is 0 Å². The first kappa shape index (κ1) is 27.9. The first-order valence-corrected chi connectivity index (χ1v) is 10.7. The molecule has 0 saturated carbocycles. The maximum absolute atomic E-state index is 12.3. The Morgan fingerprint density at radius 3 is 2.45 bits per heavy atom. The van der Waals surface area contributed by atoms with Gasteiger partial charge in [0.05, 0.1) is 15.8 Å². The largest absolute Gasteiger partial charge is 0.871 e. The number of pyridine rings is 1. The second kappa shape index (κ2) is 13.3. The van der Waals surface area contributed by atoms with Crippen LogP contribution in [0.4, 0.5) is 17.2 Å². The summed E-state index contributed by atoms with van der Waals surface area (Å²) in [6.45, 7) is 2.99. The molecule has 12 heteroatoms. The molecule has 1 radical (unpaired) electrons. The summed E-state index contributed by atoms with van der Waals surface area (Å²) in [6.07, 6.45) is 2.60. The van der Waals surface area contributed by atoms with Crippen molar-refractivity contribution in [2.24, 2.45) is 10.2 Å². The Hall–Kier alpha value is -1.08. The Bertz CT molecular complexity index is 897. The fourth-order valence-corrected chi connectivity index (χ4v) is 3.10. The van der Waals surface area contributed by atoms with E-state index < -0.39 is 15.9 Å². The second-order valence-electron chi connectivity index (χ2n) is 5.79. The van der Waals surface area contributed by atoms with Crippen LogP contribution in [-0.4, -0.2) is 71.8 Å². The Balaban J connectivity index is 0.00000392. The minimum atomic E-state index is -4.24. The zero-order valence-corrected chi connectivity index (χ0v) is 20.6. The van der Waals surface area contributed by atoms with Crippen LogP contribution < -0.4 is 10.0 Å². The third-order valence-corrected chi connectivity index (χ3v) is 4.85. The molecule has 9 nitrogen and oxygen atoms in total. The van der Waals surface area contributed by atoms with E-state index in [1.54, 1.807) is 30.5 Å². The number of aromatic nitrogens is 1. The van der Waals surface area contributed by atoms with Crippen molar-refractivity contribution in [1.29, 1.82) is 0 Å². The molecule has 0 aliphatic rings. The maximum Gasteiger partial charge on any atom is 0.174 e. The summed E-state index contributed by atoms with van der Waals surface area (Å²) in [7, 11) is -4.24. The van der Waals surface area contributed by atoms with Gasteiger partial charge in [-0.2, -0.15) is 0 Å². The van der Waals surface area contributed by atoms with Crippen molar-refractivity contribution in [2.45, 2.75) is 19.8 Å². The van der Waals surface area contributed by atoms with Crippen LogP contribution in [0.3, 0.4) is 0 Å². The van der Waals surface area contributed by atoms with E-state index in [9.17, 15) is 18.1 Å². The van der Waals surface area contributed by atoms with Gasteiger partial charge in [-0.1, -0.05) is 12.7 Å². The van der Waals surface area contributed by atoms with E-state index in [0.29, 0.717) is 24.6 Å². The maximum atomic E-state index is 12.3. The number of anilines is 1. The molecule has 0 spiro atoms. The molecule has 0 aliphatic heterocycles. The van der Waals surface area contributed by atoms with Crippen LogP contribution in [0.15, 0.2) is 51.2 Å².